The standard InChI is InChI=1S/C17H18N2O3/c1-11-4-5-14(10-12(11)2)19-17(21)16(20)18-13-6-8-15(22-3)9-7-13/h4-10H,1-3H3,(H,18,20)(H,19,21). The second kappa shape index (κ2) is 6.76. The molecule has 0 heterocycles. The number of nitrogens with one attached hydrogen (secondary N) is 2. The number of aryl methyl sites for hydroxylation is 2. The van der Waals surface area contributed by atoms with E-state index < -0.39 is 11.8 Å². The van der Waals surface area contributed by atoms with E-state index in [1.807, 2.05) is 26.0 Å². The van der Waals surface area contributed by atoms with Crippen LogP contribution in [-0.2, 0) is 9.59 Å². The fourth-order valence-corrected chi connectivity index (χ4v) is 1.87. The molecule has 0 aliphatic rings. The monoisotopic (exact) mass is 298 g/mol. The molecular formula is C17H18N2O3. The Kier molecular flexibility index (Phi) is 4.78. The average Bonchev–Trinajstić information content (AvgIpc) is 2.51. The van der Waals surface area contributed by atoms with Gasteiger partial charge < -0.3 is 15.4 Å². The van der Waals surface area contributed by atoms with Gasteiger partial charge in [0.15, 0.2) is 0 Å². The van der Waals surface area contributed by atoms with Crippen LogP contribution in [0.25, 0.3) is 0 Å². The number of methoxy groups -OCH3 is 1. The molecule has 2 rings (SSSR count). The second-order valence-corrected chi connectivity index (χ2v) is 4.94. The van der Waals surface area contributed by atoms with Gasteiger partial charge in [-0.25, -0.2) is 0 Å². The Morgan fingerprint density at radius 2 is 1.36 bits per heavy atom. The number of amides is 2. The predicted octanol–water partition coefficient (Wildman–Crippen LogP) is 2.89. The first kappa shape index (κ1) is 15.6. The molecule has 0 fully saturated rings. The third-order valence-corrected chi connectivity index (χ3v) is 3.32. The van der Waals surface area contributed by atoms with Crippen LogP contribution in [0.1, 0.15) is 11.1 Å². The Morgan fingerprint density at radius 1 is 0.818 bits per heavy atom. The molecule has 5 heteroatoms. The molecule has 0 unspecified atom stereocenters. The Hall–Kier alpha value is -2.82. The Bertz CT molecular complexity index is 694. The molecule has 2 N–H and O–H groups in total. The van der Waals surface area contributed by atoms with Crippen LogP contribution >= 0.6 is 0 Å². The molecule has 0 radical (unpaired) electrons. The fraction of sp³-hybridized carbons (Fsp3) is 0.176. The van der Waals surface area contributed by atoms with Gasteiger partial charge in [0.25, 0.3) is 0 Å². The molecule has 2 aromatic rings. The molecule has 0 saturated carbocycles. The van der Waals surface area contributed by atoms with Crippen molar-refractivity contribution in [2.24, 2.45) is 0 Å². The Balaban J connectivity index is 1.99. The average molecular weight is 298 g/mol. The molecule has 0 aromatic heterocycles. The molecule has 0 atom stereocenters. The van der Waals surface area contributed by atoms with Crippen LogP contribution in [0.4, 0.5) is 11.4 Å². The van der Waals surface area contributed by atoms with E-state index in [-0.39, 0.29) is 0 Å². The van der Waals surface area contributed by atoms with E-state index in [4.69, 9.17) is 4.74 Å². The molecule has 0 aliphatic carbocycles. The third-order valence-electron chi connectivity index (χ3n) is 3.32. The maximum absolute atomic E-state index is 11.9. The van der Waals surface area contributed by atoms with Gasteiger partial charge in [-0.3, -0.25) is 9.59 Å². The number of carbonyl (C=O) groups is 2. The van der Waals surface area contributed by atoms with E-state index in [1.54, 1.807) is 37.4 Å². The number of carbonyl (C=O) groups excluding carboxylic acids is 2. The minimum atomic E-state index is -0.719. The van der Waals surface area contributed by atoms with Crippen LogP contribution in [0.3, 0.4) is 0 Å². The zero-order valence-corrected chi connectivity index (χ0v) is 12.8. The summed E-state index contributed by atoms with van der Waals surface area (Å²) in [6.07, 6.45) is 0. The van der Waals surface area contributed by atoms with Crippen LogP contribution < -0.4 is 15.4 Å². The summed E-state index contributed by atoms with van der Waals surface area (Å²) in [5.41, 5.74) is 3.30. The number of hydrogen-bond donors (Lipinski definition) is 2. The number of anilines is 2. The van der Waals surface area contributed by atoms with Gasteiger partial charge in [-0.2, -0.15) is 0 Å². The zero-order chi connectivity index (χ0) is 16.1. The molecule has 22 heavy (non-hydrogen) atoms. The molecule has 114 valence electrons. The first-order valence-electron chi connectivity index (χ1n) is 6.83. The second-order valence-electron chi connectivity index (χ2n) is 4.94. The van der Waals surface area contributed by atoms with Crippen molar-refractivity contribution in [3.05, 3.63) is 53.6 Å². The van der Waals surface area contributed by atoms with Gasteiger partial charge in [0.1, 0.15) is 5.75 Å². The Labute approximate surface area is 129 Å². The molecule has 0 saturated heterocycles. The summed E-state index contributed by atoms with van der Waals surface area (Å²) < 4.78 is 5.03. The van der Waals surface area contributed by atoms with E-state index in [2.05, 4.69) is 10.6 Å². The summed E-state index contributed by atoms with van der Waals surface area (Å²) in [7, 11) is 1.56. The SMILES string of the molecule is COc1ccc(NC(=O)C(=O)Nc2ccc(C)c(C)c2)cc1. The van der Waals surface area contributed by atoms with Crippen molar-refractivity contribution < 1.29 is 14.3 Å². The molecule has 2 aromatic carbocycles. The Morgan fingerprint density at radius 3 is 1.91 bits per heavy atom. The van der Waals surface area contributed by atoms with Crippen LogP contribution in [-0.4, -0.2) is 18.9 Å². The molecule has 0 spiro atoms. The van der Waals surface area contributed by atoms with Crippen molar-refractivity contribution in [1.82, 2.24) is 0 Å². The lowest BCUT2D eigenvalue weighted by Gasteiger charge is -2.08. The van der Waals surface area contributed by atoms with Crippen molar-refractivity contribution >= 4 is 23.2 Å². The normalized spacial score (nSPS) is 9.95. The minimum absolute atomic E-state index is 0.529. The molecule has 0 bridgehead atoms. The highest BCUT2D eigenvalue weighted by atomic mass is 16.5. The van der Waals surface area contributed by atoms with Crippen LogP contribution in [0.15, 0.2) is 42.5 Å². The molecule has 5 nitrogen and oxygen atoms in total. The van der Waals surface area contributed by atoms with Gasteiger partial charge in [-0.1, -0.05) is 6.07 Å². The predicted molar refractivity (Wildman–Crippen MR) is 86.2 cm³/mol. The lowest BCUT2D eigenvalue weighted by atomic mass is 10.1. The summed E-state index contributed by atoms with van der Waals surface area (Å²) >= 11 is 0. The number of ether oxygens (including phenoxy) is 1. The first-order valence-corrected chi connectivity index (χ1v) is 6.83. The third kappa shape index (κ3) is 3.85. The highest BCUT2D eigenvalue weighted by Crippen LogP contribution is 2.16. The van der Waals surface area contributed by atoms with E-state index in [0.717, 1.165) is 11.1 Å². The maximum atomic E-state index is 11.9. The van der Waals surface area contributed by atoms with Crippen LogP contribution in [0, 0.1) is 13.8 Å². The van der Waals surface area contributed by atoms with Gasteiger partial charge >= 0.3 is 11.8 Å². The van der Waals surface area contributed by atoms with E-state index >= 15 is 0 Å². The lowest BCUT2D eigenvalue weighted by molar-refractivity contribution is -0.132. The van der Waals surface area contributed by atoms with Gasteiger partial charge in [0.05, 0.1) is 7.11 Å². The highest BCUT2D eigenvalue weighted by molar-refractivity contribution is 6.43. The van der Waals surface area contributed by atoms with Crippen molar-refractivity contribution in [1.29, 1.82) is 0 Å². The van der Waals surface area contributed by atoms with E-state index in [0.29, 0.717) is 17.1 Å². The summed E-state index contributed by atoms with van der Waals surface area (Å²) in [4.78, 5) is 23.8. The molecule has 2 amide bonds. The minimum Gasteiger partial charge on any atom is -0.497 e. The largest absolute Gasteiger partial charge is 0.497 e. The van der Waals surface area contributed by atoms with Crippen molar-refractivity contribution in [2.75, 3.05) is 17.7 Å². The van der Waals surface area contributed by atoms with Gasteiger partial charge in [0, 0.05) is 11.4 Å². The molecule has 0 aliphatic heterocycles. The summed E-state index contributed by atoms with van der Waals surface area (Å²) in [5.74, 6) is -0.750. The van der Waals surface area contributed by atoms with Crippen molar-refractivity contribution in [3.8, 4) is 5.75 Å². The topological polar surface area (TPSA) is 67.4 Å². The maximum Gasteiger partial charge on any atom is 0.314 e. The number of benzene rings is 2. The van der Waals surface area contributed by atoms with Crippen LogP contribution in [0.2, 0.25) is 0 Å². The van der Waals surface area contributed by atoms with Gasteiger partial charge in [-0.15, -0.1) is 0 Å². The van der Waals surface area contributed by atoms with Crippen LogP contribution in [0.5, 0.6) is 5.75 Å². The summed E-state index contributed by atoms with van der Waals surface area (Å²) in [5, 5.41) is 5.11. The highest BCUT2D eigenvalue weighted by Gasteiger charge is 2.14. The van der Waals surface area contributed by atoms with Gasteiger partial charge in [0.2, 0.25) is 0 Å². The summed E-state index contributed by atoms with van der Waals surface area (Å²) in [6, 6.07) is 12.2. The molecular weight excluding hydrogens is 280 g/mol. The van der Waals surface area contributed by atoms with Crippen molar-refractivity contribution in [3.63, 3.8) is 0 Å². The number of rotatable bonds is 3. The quantitative estimate of drug-likeness (QED) is 0.856. The lowest BCUT2D eigenvalue weighted by Crippen LogP contribution is -2.29. The first-order chi connectivity index (χ1) is 10.5. The smallest absolute Gasteiger partial charge is 0.314 e. The zero-order valence-electron chi connectivity index (χ0n) is 12.8. The number of hydrogen-bond acceptors (Lipinski definition) is 3. The fourth-order valence-electron chi connectivity index (χ4n) is 1.87. The van der Waals surface area contributed by atoms with E-state index in [9.17, 15) is 9.59 Å². The van der Waals surface area contributed by atoms with Crippen molar-refractivity contribution in [2.45, 2.75) is 13.8 Å². The van der Waals surface area contributed by atoms with Gasteiger partial charge in [-0.05, 0) is 61.4 Å². The van der Waals surface area contributed by atoms with E-state index in [1.165, 1.54) is 0 Å². The summed E-state index contributed by atoms with van der Waals surface area (Å²) in [6.45, 7) is 3.93.